The molecule has 0 saturated carbocycles. The third-order valence-corrected chi connectivity index (χ3v) is 5.15. The topological polar surface area (TPSA) is 91.3 Å². The van der Waals surface area contributed by atoms with Gasteiger partial charge in [-0.3, -0.25) is 13.6 Å². The molecule has 0 aliphatic heterocycles. The molecular formula is C11H24O7P2. The Hall–Kier alpha value is -0.0000000000000000416. The van der Waals surface area contributed by atoms with Gasteiger partial charge in [0.25, 0.3) is 0 Å². The van der Waals surface area contributed by atoms with Crippen LogP contribution in [0.3, 0.4) is 0 Å². The van der Waals surface area contributed by atoms with Gasteiger partial charge >= 0.3 is 15.6 Å². The van der Waals surface area contributed by atoms with Crippen LogP contribution >= 0.6 is 15.6 Å². The van der Waals surface area contributed by atoms with Gasteiger partial charge in [0.15, 0.2) is 0 Å². The largest absolute Gasteiger partial charge is 0.483 e. The van der Waals surface area contributed by atoms with E-state index in [1.807, 2.05) is 13.8 Å². The van der Waals surface area contributed by atoms with Gasteiger partial charge < -0.3 is 4.89 Å². The average Bonchev–Trinajstić information content (AvgIpc) is 2.36. The first-order chi connectivity index (χ1) is 9.39. The number of unbranched alkanes of at least 4 members (excludes halogenated alkanes) is 2. The first kappa shape index (κ1) is 20.0. The molecule has 0 spiro atoms. The van der Waals surface area contributed by atoms with Crippen molar-refractivity contribution in [2.75, 3.05) is 19.8 Å². The van der Waals surface area contributed by atoms with E-state index in [1.165, 1.54) is 6.08 Å². The van der Waals surface area contributed by atoms with Crippen molar-refractivity contribution in [1.29, 1.82) is 0 Å². The summed E-state index contributed by atoms with van der Waals surface area (Å²) in [5.74, 6) is 0. The predicted molar refractivity (Wildman–Crippen MR) is 76.4 cm³/mol. The van der Waals surface area contributed by atoms with Crippen LogP contribution in [0.15, 0.2) is 12.7 Å². The minimum absolute atomic E-state index is 0.112. The van der Waals surface area contributed by atoms with Crippen LogP contribution in [-0.4, -0.2) is 24.7 Å². The van der Waals surface area contributed by atoms with Gasteiger partial charge in [-0.05, 0) is 12.8 Å². The second-order valence-electron chi connectivity index (χ2n) is 3.96. The monoisotopic (exact) mass is 330 g/mol. The molecule has 0 fully saturated rings. The Morgan fingerprint density at radius 3 is 1.95 bits per heavy atom. The fourth-order valence-corrected chi connectivity index (χ4v) is 3.67. The summed E-state index contributed by atoms with van der Waals surface area (Å²) in [7, 11) is -8.63. The van der Waals surface area contributed by atoms with Crippen LogP contribution in [-0.2, 0) is 27.0 Å². The van der Waals surface area contributed by atoms with Gasteiger partial charge in [-0.2, -0.15) is 4.31 Å². The first-order valence-corrected chi connectivity index (χ1v) is 9.53. The fourth-order valence-electron chi connectivity index (χ4n) is 1.02. The van der Waals surface area contributed by atoms with Crippen molar-refractivity contribution in [3.05, 3.63) is 12.7 Å². The Balaban J connectivity index is 4.60. The predicted octanol–water partition coefficient (Wildman–Crippen LogP) is 4.05. The van der Waals surface area contributed by atoms with E-state index in [0.717, 1.165) is 12.8 Å². The van der Waals surface area contributed by atoms with E-state index in [4.69, 9.17) is 9.05 Å². The Labute approximate surface area is 120 Å². The van der Waals surface area contributed by atoms with E-state index in [1.54, 1.807) is 0 Å². The third-order valence-electron chi connectivity index (χ3n) is 2.05. The molecule has 0 bridgehead atoms. The third kappa shape index (κ3) is 9.83. The Morgan fingerprint density at radius 1 is 1.05 bits per heavy atom. The van der Waals surface area contributed by atoms with Crippen molar-refractivity contribution in [3.63, 3.8) is 0 Å². The van der Waals surface area contributed by atoms with E-state index >= 15 is 0 Å². The molecule has 1 N–H and O–H groups in total. The molecule has 1 atom stereocenters. The maximum atomic E-state index is 12.2. The molecule has 0 heterocycles. The zero-order valence-electron chi connectivity index (χ0n) is 12.0. The van der Waals surface area contributed by atoms with Gasteiger partial charge in [-0.25, -0.2) is 9.13 Å². The summed E-state index contributed by atoms with van der Waals surface area (Å²) >= 11 is 0. The van der Waals surface area contributed by atoms with Gasteiger partial charge in [0.1, 0.15) is 0 Å². The lowest BCUT2D eigenvalue weighted by atomic mass is 10.4. The summed E-state index contributed by atoms with van der Waals surface area (Å²) in [4.78, 5) is 9.43. The van der Waals surface area contributed by atoms with Gasteiger partial charge in [-0.1, -0.05) is 32.8 Å². The fraction of sp³-hybridized carbons (Fsp3) is 0.818. The van der Waals surface area contributed by atoms with E-state index < -0.39 is 15.6 Å². The molecule has 0 aromatic heterocycles. The molecular weight excluding hydrogens is 306 g/mol. The normalized spacial score (nSPS) is 14.9. The molecule has 0 amide bonds. The van der Waals surface area contributed by atoms with Crippen molar-refractivity contribution < 1.29 is 31.9 Å². The summed E-state index contributed by atoms with van der Waals surface area (Å²) in [6.07, 6.45) is 4.17. The molecule has 0 aromatic rings. The summed E-state index contributed by atoms with van der Waals surface area (Å²) in [5.41, 5.74) is 0. The first-order valence-electron chi connectivity index (χ1n) is 6.57. The minimum atomic E-state index is -4.51. The second kappa shape index (κ2) is 10.7. The van der Waals surface area contributed by atoms with Crippen molar-refractivity contribution >= 4 is 15.6 Å². The zero-order valence-corrected chi connectivity index (χ0v) is 13.8. The molecule has 0 radical (unpaired) electrons. The van der Waals surface area contributed by atoms with Gasteiger partial charge in [0.05, 0.1) is 19.8 Å². The smallest absolute Gasteiger partial charge is 0.302 e. The van der Waals surface area contributed by atoms with Crippen molar-refractivity contribution in [3.8, 4) is 0 Å². The minimum Gasteiger partial charge on any atom is -0.302 e. The number of hydrogen-bond donors (Lipinski definition) is 1. The van der Waals surface area contributed by atoms with Crippen molar-refractivity contribution in [2.24, 2.45) is 0 Å². The van der Waals surface area contributed by atoms with Gasteiger partial charge in [0.2, 0.25) is 0 Å². The lowest BCUT2D eigenvalue weighted by Gasteiger charge is -2.19. The lowest BCUT2D eigenvalue weighted by Crippen LogP contribution is -2.03. The van der Waals surface area contributed by atoms with Crippen LogP contribution in [0, 0.1) is 0 Å². The molecule has 120 valence electrons. The van der Waals surface area contributed by atoms with Crippen LogP contribution in [0.5, 0.6) is 0 Å². The Bertz CT molecular complexity index is 345. The molecule has 0 aliphatic carbocycles. The van der Waals surface area contributed by atoms with Crippen LogP contribution in [0.1, 0.15) is 39.5 Å². The zero-order chi connectivity index (χ0) is 15.5. The highest BCUT2D eigenvalue weighted by Gasteiger charge is 2.37. The van der Waals surface area contributed by atoms with E-state index in [-0.39, 0.29) is 19.8 Å². The van der Waals surface area contributed by atoms with E-state index in [2.05, 4.69) is 15.4 Å². The quantitative estimate of drug-likeness (QED) is 0.309. The highest BCUT2D eigenvalue weighted by atomic mass is 31.3. The standard InChI is InChI=1S/C11H24O7P2/c1-4-7-10-16-20(14,17-11-8-5-2)18-19(12,13)15-9-6-3/h6H,3-5,7-11H2,1-2H3,(H,12,13). The molecule has 7 nitrogen and oxygen atoms in total. The van der Waals surface area contributed by atoms with E-state index in [9.17, 15) is 14.0 Å². The number of hydrogen-bond acceptors (Lipinski definition) is 6. The van der Waals surface area contributed by atoms with Crippen LogP contribution in [0.2, 0.25) is 0 Å². The maximum absolute atomic E-state index is 12.2. The van der Waals surface area contributed by atoms with Gasteiger partial charge in [-0.15, -0.1) is 6.58 Å². The highest BCUT2D eigenvalue weighted by Crippen LogP contribution is 2.63. The molecule has 1 unspecified atom stereocenters. The maximum Gasteiger partial charge on any atom is 0.483 e. The van der Waals surface area contributed by atoms with Crippen molar-refractivity contribution in [1.82, 2.24) is 0 Å². The number of phosphoric acid groups is 2. The molecule has 20 heavy (non-hydrogen) atoms. The molecule has 0 rings (SSSR count). The summed E-state index contributed by atoms with van der Waals surface area (Å²) in [6, 6.07) is 0. The Morgan fingerprint density at radius 2 is 1.55 bits per heavy atom. The summed E-state index contributed by atoms with van der Waals surface area (Å²) in [6.45, 7) is 7.21. The lowest BCUT2D eigenvalue weighted by molar-refractivity contribution is 0.128. The van der Waals surface area contributed by atoms with Crippen LogP contribution in [0.4, 0.5) is 0 Å². The highest BCUT2D eigenvalue weighted by molar-refractivity contribution is 7.61. The SMILES string of the molecule is C=CCOP(=O)(O)OP(=O)(OCCCC)OCCCC. The molecule has 9 heteroatoms. The molecule has 0 saturated heterocycles. The summed E-state index contributed by atoms with van der Waals surface area (Å²) < 4.78 is 42.9. The molecule has 0 aliphatic rings. The van der Waals surface area contributed by atoms with E-state index in [0.29, 0.717) is 12.8 Å². The van der Waals surface area contributed by atoms with Crippen LogP contribution < -0.4 is 0 Å². The van der Waals surface area contributed by atoms with Gasteiger partial charge in [0, 0.05) is 0 Å². The Kier molecular flexibility index (Phi) is 10.7. The number of phosphoric ester groups is 2. The molecule has 0 aromatic carbocycles. The summed E-state index contributed by atoms with van der Waals surface area (Å²) in [5, 5.41) is 0. The number of rotatable bonds is 13. The second-order valence-corrected chi connectivity index (χ2v) is 7.21. The average molecular weight is 330 g/mol. The van der Waals surface area contributed by atoms with Crippen LogP contribution in [0.25, 0.3) is 0 Å². The van der Waals surface area contributed by atoms with Crippen molar-refractivity contribution in [2.45, 2.75) is 39.5 Å².